The molecule has 54 heavy (non-hydrogen) atoms. The third-order valence-corrected chi connectivity index (χ3v) is 9.95. The number of hydrogen-bond acceptors (Lipinski definition) is 2. The van der Waals surface area contributed by atoms with Crippen LogP contribution in [-0.4, -0.2) is 0 Å². The Balaban J connectivity index is 1.04. The lowest BCUT2D eigenvalue weighted by molar-refractivity contribution is 1.23. The van der Waals surface area contributed by atoms with Crippen molar-refractivity contribution in [1.82, 2.24) is 0 Å². The Morgan fingerprint density at radius 3 is 0.796 bits per heavy atom. The summed E-state index contributed by atoms with van der Waals surface area (Å²) in [4.78, 5) is 4.68. The summed E-state index contributed by atoms with van der Waals surface area (Å²) in [6.45, 7) is 12.9. The van der Waals surface area contributed by atoms with Crippen LogP contribution in [0.15, 0.2) is 158 Å². The SMILES string of the molecule is Cc1ccc(N(c2ccc(C=Cc3ccc(C=Cc4ccc(N(c5ccc(C)cc5)c5ccc(C)cc5C)cc4)cc3)cc2)c2ccc(C)cc2C)cc1. The van der Waals surface area contributed by atoms with Crippen LogP contribution in [0.2, 0.25) is 0 Å². The number of hydrogen-bond donors (Lipinski definition) is 0. The number of rotatable bonds is 10. The van der Waals surface area contributed by atoms with Crippen LogP contribution in [0.3, 0.4) is 0 Å². The first-order chi connectivity index (χ1) is 26.2. The van der Waals surface area contributed by atoms with E-state index < -0.39 is 0 Å². The van der Waals surface area contributed by atoms with Gasteiger partial charge in [-0.2, -0.15) is 0 Å². The Hall–Kier alpha value is -6.38. The zero-order valence-corrected chi connectivity index (χ0v) is 32.2. The summed E-state index contributed by atoms with van der Waals surface area (Å²) in [5.41, 5.74) is 19.2. The predicted octanol–water partition coefficient (Wildman–Crippen LogP) is 14.8. The van der Waals surface area contributed by atoms with Gasteiger partial charge in [0.1, 0.15) is 0 Å². The van der Waals surface area contributed by atoms with E-state index in [1.807, 2.05) is 0 Å². The molecule has 0 aromatic heterocycles. The molecule has 0 aliphatic heterocycles. The fraction of sp³-hybridized carbons (Fsp3) is 0.115. The number of anilines is 6. The Labute approximate surface area is 322 Å². The number of benzene rings is 7. The smallest absolute Gasteiger partial charge is 0.0490 e. The second-order valence-electron chi connectivity index (χ2n) is 14.4. The van der Waals surface area contributed by atoms with Crippen molar-refractivity contribution in [3.8, 4) is 0 Å². The Morgan fingerprint density at radius 2 is 0.519 bits per heavy atom. The minimum Gasteiger partial charge on any atom is -0.310 e. The van der Waals surface area contributed by atoms with E-state index in [0.29, 0.717) is 0 Å². The van der Waals surface area contributed by atoms with E-state index in [0.717, 1.165) is 33.9 Å². The highest BCUT2D eigenvalue weighted by molar-refractivity contribution is 5.82. The maximum absolute atomic E-state index is 2.34. The molecular weight excluding hydrogens is 653 g/mol. The van der Waals surface area contributed by atoms with Gasteiger partial charge in [0.05, 0.1) is 0 Å². The fourth-order valence-corrected chi connectivity index (χ4v) is 6.93. The molecule has 0 saturated heterocycles. The highest BCUT2D eigenvalue weighted by Gasteiger charge is 2.16. The lowest BCUT2D eigenvalue weighted by atomic mass is 10.1. The van der Waals surface area contributed by atoms with Gasteiger partial charge in [-0.3, -0.25) is 0 Å². The molecule has 266 valence electrons. The normalized spacial score (nSPS) is 11.4. The minimum absolute atomic E-state index is 1.14. The number of aryl methyl sites for hydroxylation is 6. The van der Waals surface area contributed by atoms with E-state index in [1.54, 1.807) is 0 Å². The van der Waals surface area contributed by atoms with E-state index in [-0.39, 0.29) is 0 Å². The van der Waals surface area contributed by atoms with Crippen molar-refractivity contribution in [2.45, 2.75) is 41.5 Å². The molecule has 0 radical (unpaired) electrons. The number of nitrogens with zero attached hydrogens (tertiary/aromatic N) is 2. The summed E-state index contributed by atoms with van der Waals surface area (Å²) in [5.74, 6) is 0. The summed E-state index contributed by atoms with van der Waals surface area (Å²) >= 11 is 0. The van der Waals surface area contributed by atoms with Crippen LogP contribution >= 0.6 is 0 Å². The molecule has 0 amide bonds. The van der Waals surface area contributed by atoms with Crippen LogP contribution in [0.25, 0.3) is 24.3 Å². The molecular formula is C52H48N2. The van der Waals surface area contributed by atoms with E-state index in [4.69, 9.17) is 0 Å². The first-order valence-electron chi connectivity index (χ1n) is 18.7. The standard InChI is InChI=1S/C52H48N2/c1-37-7-25-47(26-8-37)53(51-33-11-39(3)35-41(51)5)49-29-21-45(22-30-49)19-17-43-13-15-44(16-14-43)18-20-46-23-31-50(32-24-46)54(48-27-9-38(2)10-28-48)52-34-12-40(4)36-42(52)6/h7-36H,1-6H3. The quantitative estimate of drug-likeness (QED) is 0.131. The summed E-state index contributed by atoms with van der Waals surface area (Å²) in [6.07, 6.45) is 8.72. The average Bonchev–Trinajstić information content (AvgIpc) is 3.18. The second-order valence-corrected chi connectivity index (χ2v) is 14.4. The first kappa shape index (κ1) is 36.0. The van der Waals surface area contributed by atoms with Gasteiger partial charge in [0, 0.05) is 34.1 Å². The van der Waals surface area contributed by atoms with Crippen LogP contribution in [-0.2, 0) is 0 Å². The predicted molar refractivity (Wildman–Crippen MR) is 235 cm³/mol. The lowest BCUT2D eigenvalue weighted by Crippen LogP contribution is -2.11. The summed E-state index contributed by atoms with van der Waals surface area (Å²) in [6, 6.07) is 57.2. The van der Waals surface area contributed by atoms with Crippen molar-refractivity contribution in [3.05, 3.63) is 213 Å². The first-order valence-corrected chi connectivity index (χ1v) is 18.7. The van der Waals surface area contributed by atoms with Gasteiger partial charge in [0.2, 0.25) is 0 Å². The van der Waals surface area contributed by atoms with Gasteiger partial charge < -0.3 is 9.80 Å². The molecule has 7 rings (SSSR count). The van der Waals surface area contributed by atoms with Gasteiger partial charge in [0.25, 0.3) is 0 Å². The molecule has 7 aromatic rings. The van der Waals surface area contributed by atoms with E-state index >= 15 is 0 Å². The summed E-state index contributed by atoms with van der Waals surface area (Å²) < 4.78 is 0. The third-order valence-electron chi connectivity index (χ3n) is 9.95. The molecule has 0 atom stereocenters. The zero-order valence-electron chi connectivity index (χ0n) is 32.2. The molecule has 7 aromatic carbocycles. The molecule has 0 aliphatic rings. The van der Waals surface area contributed by atoms with Crippen molar-refractivity contribution in [3.63, 3.8) is 0 Å². The van der Waals surface area contributed by atoms with Crippen molar-refractivity contribution < 1.29 is 0 Å². The summed E-state index contributed by atoms with van der Waals surface area (Å²) in [5, 5.41) is 0. The van der Waals surface area contributed by atoms with Crippen LogP contribution in [0, 0.1) is 41.5 Å². The Morgan fingerprint density at radius 1 is 0.278 bits per heavy atom. The molecule has 0 heterocycles. The van der Waals surface area contributed by atoms with Gasteiger partial charge in [0.15, 0.2) is 0 Å². The Bertz CT molecular complexity index is 2220. The maximum atomic E-state index is 2.34. The molecule has 0 saturated carbocycles. The minimum atomic E-state index is 1.14. The van der Waals surface area contributed by atoms with Crippen LogP contribution in [0.1, 0.15) is 55.6 Å². The van der Waals surface area contributed by atoms with E-state index in [9.17, 15) is 0 Å². The molecule has 2 nitrogen and oxygen atoms in total. The molecule has 0 unspecified atom stereocenters. The van der Waals surface area contributed by atoms with Crippen molar-refractivity contribution >= 4 is 58.4 Å². The molecule has 0 aliphatic carbocycles. The molecule has 0 fully saturated rings. The van der Waals surface area contributed by atoms with Crippen molar-refractivity contribution in [2.24, 2.45) is 0 Å². The molecule has 0 bridgehead atoms. The van der Waals surface area contributed by atoms with E-state index in [2.05, 4.69) is 233 Å². The van der Waals surface area contributed by atoms with Crippen LogP contribution < -0.4 is 9.80 Å². The topological polar surface area (TPSA) is 6.48 Å². The highest BCUT2D eigenvalue weighted by atomic mass is 15.1. The van der Waals surface area contributed by atoms with Crippen LogP contribution in [0.5, 0.6) is 0 Å². The van der Waals surface area contributed by atoms with E-state index in [1.165, 1.54) is 55.9 Å². The zero-order chi connectivity index (χ0) is 37.6. The van der Waals surface area contributed by atoms with Crippen molar-refractivity contribution in [2.75, 3.05) is 9.80 Å². The highest BCUT2D eigenvalue weighted by Crippen LogP contribution is 2.38. The Kier molecular flexibility index (Phi) is 10.7. The fourth-order valence-electron chi connectivity index (χ4n) is 6.93. The van der Waals surface area contributed by atoms with Gasteiger partial charge >= 0.3 is 0 Å². The lowest BCUT2D eigenvalue weighted by Gasteiger charge is -2.27. The molecule has 0 spiro atoms. The summed E-state index contributed by atoms with van der Waals surface area (Å²) in [7, 11) is 0. The third kappa shape index (κ3) is 8.46. The van der Waals surface area contributed by atoms with Crippen molar-refractivity contribution in [1.29, 1.82) is 0 Å². The molecule has 2 heteroatoms. The van der Waals surface area contributed by atoms with Crippen LogP contribution in [0.4, 0.5) is 34.1 Å². The van der Waals surface area contributed by atoms with Gasteiger partial charge in [-0.05, 0) is 136 Å². The van der Waals surface area contributed by atoms with Gasteiger partial charge in [-0.1, -0.05) is 144 Å². The molecule has 0 N–H and O–H groups in total. The van der Waals surface area contributed by atoms with Gasteiger partial charge in [-0.25, -0.2) is 0 Å². The van der Waals surface area contributed by atoms with Gasteiger partial charge in [-0.15, -0.1) is 0 Å². The maximum Gasteiger partial charge on any atom is 0.0490 e. The largest absolute Gasteiger partial charge is 0.310 e. The monoisotopic (exact) mass is 700 g/mol. The second kappa shape index (κ2) is 16.1. The average molecular weight is 701 g/mol.